The van der Waals surface area contributed by atoms with Crippen LogP contribution in [0.3, 0.4) is 0 Å². The van der Waals surface area contributed by atoms with E-state index in [4.69, 9.17) is 38.1 Å². The van der Waals surface area contributed by atoms with Crippen molar-refractivity contribution in [3.63, 3.8) is 0 Å². The number of nitrogens with one attached hydrogen (secondary N) is 1. The maximum absolute atomic E-state index is 12.9. The number of anilines is 2. The van der Waals surface area contributed by atoms with E-state index < -0.39 is 16.2 Å². The van der Waals surface area contributed by atoms with Crippen LogP contribution in [0.25, 0.3) is 0 Å². The molecular weight excluding hydrogens is 511 g/mol. The number of hydrogen-bond donors (Lipinski definition) is 2. The van der Waals surface area contributed by atoms with E-state index in [0.29, 0.717) is 33.1 Å². The predicted octanol–water partition coefficient (Wildman–Crippen LogP) is 6.32. The van der Waals surface area contributed by atoms with Gasteiger partial charge in [-0.1, -0.05) is 23.2 Å². The fourth-order valence-electron chi connectivity index (χ4n) is 3.48. The maximum Gasteiger partial charge on any atom is 0.261 e. The van der Waals surface area contributed by atoms with Gasteiger partial charge in [-0.05, 0) is 66.7 Å². The fourth-order valence-corrected chi connectivity index (χ4v) is 4.83. The highest BCUT2D eigenvalue weighted by Gasteiger charge is 2.24. The zero-order chi connectivity index (χ0) is 24.6. The third kappa shape index (κ3) is 4.85. The summed E-state index contributed by atoms with van der Waals surface area (Å²) in [4.78, 5) is 6.09. The first-order valence-corrected chi connectivity index (χ1v) is 12.6. The van der Waals surface area contributed by atoms with E-state index in [-0.39, 0.29) is 4.90 Å². The smallest absolute Gasteiger partial charge is 0.261 e. The molecule has 0 saturated heterocycles. The van der Waals surface area contributed by atoms with Gasteiger partial charge in [0.2, 0.25) is 5.88 Å². The van der Waals surface area contributed by atoms with Crippen molar-refractivity contribution < 1.29 is 17.6 Å². The Labute approximate surface area is 211 Å². The van der Waals surface area contributed by atoms with Crippen LogP contribution in [0.15, 0.2) is 93.4 Å². The molecular formula is C24H18Cl2N4O4S. The van der Waals surface area contributed by atoms with E-state index in [0.717, 1.165) is 11.3 Å². The van der Waals surface area contributed by atoms with Gasteiger partial charge in [0.05, 0.1) is 26.8 Å². The molecule has 2 heterocycles. The van der Waals surface area contributed by atoms with Gasteiger partial charge >= 0.3 is 0 Å². The zero-order valence-electron chi connectivity index (χ0n) is 17.9. The zero-order valence-corrected chi connectivity index (χ0v) is 20.3. The number of furan rings is 1. The van der Waals surface area contributed by atoms with Gasteiger partial charge in [-0.15, -0.1) is 0 Å². The molecule has 3 N–H and O–H groups in total. The molecule has 5 rings (SSSR count). The summed E-state index contributed by atoms with van der Waals surface area (Å²) in [6.45, 7) is 0. The van der Waals surface area contributed by atoms with E-state index in [9.17, 15) is 8.42 Å². The summed E-state index contributed by atoms with van der Waals surface area (Å²) in [7, 11) is -3.82. The van der Waals surface area contributed by atoms with Gasteiger partial charge in [-0.3, -0.25) is 4.72 Å². The highest BCUT2D eigenvalue weighted by Crippen LogP contribution is 2.34. The van der Waals surface area contributed by atoms with Gasteiger partial charge in [0, 0.05) is 17.4 Å². The minimum atomic E-state index is -3.82. The summed E-state index contributed by atoms with van der Waals surface area (Å²) >= 11 is 11.9. The highest BCUT2D eigenvalue weighted by atomic mass is 35.5. The van der Waals surface area contributed by atoms with Crippen LogP contribution in [0.1, 0.15) is 11.7 Å². The topological polar surface area (TPSA) is 110 Å². The first-order chi connectivity index (χ1) is 16.8. The van der Waals surface area contributed by atoms with Crippen molar-refractivity contribution in [2.24, 2.45) is 10.7 Å². The predicted molar refractivity (Wildman–Crippen MR) is 136 cm³/mol. The summed E-state index contributed by atoms with van der Waals surface area (Å²) in [5, 5.41) is 0.776. The normalized spacial score (nSPS) is 15.1. The second-order valence-corrected chi connectivity index (χ2v) is 10.1. The number of rotatable bonds is 6. The molecule has 8 nitrogen and oxygen atoms in total. The number of benzene rings is 3. The molecule has 1 atom stereocenters. The van der Waals surface area contributed by atoms with E-state index in [1.165, 1.54) is 18.4 Å². The van der Waals surface area contributed by atoms with E-state index in [2.05, 4.69) is 9.71 Å². The molecule has 1 aromatic heterocycles. The summed E-state index contributed by atoms with van der Waals surface area (Å²) < 4.78 is 39.3. The highest BCUT2D eigenvalue weighted by molar-refractivity contribution is 7.92. The third-order valence-electron chi connectivity index (χ3n) is 5.27. The molecule has 0 bridgehead atoms. The van der Waals surface area contributed by atoms with Gasteiger partial charge in [-0.25, -0.2) is 13.4 Å². The lowest BCUT2D eigenvalue weighted by atomic mass is 10.2. The van der Waals surface area contributed by atoms with Gasteiger partial charge in [-0.2, -0.15) is 0 Å². The minimum absolute atomic E-state index is 0.0840. The number of fused-ring (bicyclic) bond motifs is 1. The largest absolute Gasteiger partial charge is 0.457 e. The quantitative estimate of drug-likeness (QED) is 0.303. The summed E-state index contributed by atoms with van der Waals surface area (Å²) in [5.74, 6) is 1.41. The van der Waals surface area contributed by atoms with Gasteiger partial charge < -0.3 is 19.8 Å². The molecule has 0 radical (unpaired) electrons. The molecule has 3 aromatic carbocycles. The van der Waals surface area contributed by atoms with Crippen molar-refractivity contribution in [2.45, 2.75) is 11.1 Å². The number of nitrogens with zero attached hydrogens (tertiary/aromatic N) is 2. The Bertz CT molecular complexity index is 1500. The molecule has 35 heavy (non-hydrogen) atoms. The standard InChI is InChI=1S/C24H18Cl2N4O4S/c25-21-10-7-18(13-22(21)26)34-17-5-8-19(9-6-17)35(31,32)29-15-1-3-16(4-2-15)30-14-28-24-20(23(30)27)11-12-33-24/h1-14,23,29H,27H2. The van der Waals surface area contributed by atoms with E-state index in [1.54, 1.807) is 71.9 Å². The second-order valence-electron chi connectivity index (χ2n) is 7.58. The molecule has 1 aliphatic rings. The molecule has 4 aromatic rings. The molecule has 1 unspecified atom stereocenters. The van der Waals surface area contributed by atoms with Crippen LogP contribution in [-0.4, -0.2) is 14.8 Å². The van der Waals surface area contributed by atoms with Crippen molar-refractivity contribution in [2.75, 3.05) is 9.62 Å². The molecule has 1 aliphatic heterocycles. The summed E-state index contributed by atoms with van der Waals surface area (Å²) in [6.07, 6.45) is 2.65. The Morgan fingerprint density at radius 1 is 0.943 bits per heavy atom. The number of sulfonamides is 1. The number of hydrogen-bond acceptors (Lipinski definition) is 7. The van der Waals surface area contributed by atoms with Crippen molar-refractivity contribution in [3.05, 3.63) is 94.7 Å². The van der Waals surface area contributed by atoms with Gasteiger partial charge in [0.1, 0.15) is 24.0 Å². The maximum atomic E-state index is 12.9. The van der Waals surface area contributed by atoms with E-state index >= 15 is 0 Å². The van der Waals surface area contributed by atoms with Crippen molar-refractivity contribution in [1.82, 2.24) is 0 Å². The van der Waals surface area contributed by atoms with Crippen LogP contribution >= 0.6 is 23.2 Å². The monoisotopic (exact) mass is 528 g/mol. The van der Waals surface area contributed by atoms with Gasteiger partial charge in [0.25, 0.3) is 10.0 Å². The van der Waals surface area contributed by atoms with Crippen LogP contribution < -0.4 is 20.1 Å². The molecule has 0 amide bonds. The Morgan fingerprint density at radius 2 is 1.66 bits per heavy atom. The first-order valence-electron chi connectivity index (χ1n) is 10.3. The molecule has 11 heteroatoms. The van der Waals surface area contributed by atoms with Crippen LogP contribution in [-0.2, 0) is 10.0 Å². The molecule has 178 valence electrons. The Morgan fingerprint density at radius 3 is 2.37 bits per heavy atom. The fraction of sp³-hybridized carbons (Fsp3) is 0.0417. The van der Waals surface area contributed by atoms with Crippen molar-refractivity contribution in [1.29, 1.82) is 0 Å². The second kappa shape index (κ2) is 9.27. The molecule has 0 saturated carbocycles. The van der Waals surface area contributed by atoms with Crippen molar-refractivity contribution >= 4 is 56.8 Å². The Hall–Kier alpha value is -3.50. The van der Waals surface area contributed by atoms with Gasteiger partial charge in [0.15, 0.2) is 0 Å². The lowest BCUT2D eigenvalue weighted by Crippen LogP contribution is -2.35. The van der Waals surface area contributed by atoms with Crippen LogP contribution in [0.4, 0.5) is 17.3 Å². The lowest BCUT2D eigenvalue weighted by Gasteiger charge is -2.29. The summed E-state index contributed by atoms with van der Waals surface area (Å²) in [5.41, 5.74) is 8.21. The number of nitrogens with two attached hydrogens (primary N) is 1. The first kappa shape index (κ1) is 23.3. The molecule has 0 aliphatic carbocycles. The number of halogens is 2. The van der Waals surface area contributed by atoms with Crippen LogP contribution in [0.2, 0.25) is 10.0 Å². The Balaban J connectivity index is 1.27. The Kier molecular flexibility index (Phi) is 6.16. The average Bonchev–Trinajstić information content (AvgIpc) is 3.33. The summed E-state index contributed by atoms with van der Waals surface area (Å²) in [6, 6.07) is 19.5. The molecule has 0 fully saturated rings. The van der Waals surface area contributed by atoms with Crippen LogP contribution in [0, 0.1) is 0 Å². The number of ether oxygens (including phenoxy) is 1. The molecule has 0 spiro atoms. The number of aliphatic imine (C=N–C) groups is 1. The van der Waals surface area contributed by atoms with E-state index in [1.807, 2.05) is 0 Å². The average molecular weight is 529 g/mol. The van der Waals surface area contributed by atoms with Crippen LogP contribution in [0.5, 0.6) is 11.5 Å². The SMILES string of the molecule is NC1c2ccoc2N=CN1c1ccc(NS(=O)(=O)c2ccc(Oc3ccc(Cl)c(Cl)c3)cc2)cc1. The third-order valence-corrected chi connectivity index (χ3v) is 7.41. The van der Waals surface area contributed by atoms with Crippen molar-refractivity contribution in [3.8, 4) is 11.5 Å². The lowest BCUT2D eigenvalue weighted by molar-refractivity contribution is 0.482. The minimum Gasteiger partial charge on any atom is -0.457 e.